The molecule has 7 heteroatoms. The molecule has 0 bridgehead atoms. The number of hydrogen-bond donors (Lipinski definition) is 0. The fraction of sp³-hybridized carbons (Fsp3) is 0.0444. The van der Waals surface area contributed by atoms with Crippen molar-refractivity contribution in [3.05, 3.63) is 163 Å². The molecule has 0 N–H and O–H groups in total. The van der Waals surface area contributed by atoms with Crippen LogP contribution in [0, 0.1) is 26.0 Å². The van der Waals surface area contributed by atoms with E-state index in [0.29, 0.717) is 11.5 Å². The molecule has 0 spiro atoms. The van der Waals surface area contributed by atoms with Crippen LogP contribution in [-0.4, -0.2) is 24.1 Å². The van der Waals surface area contributed by atoms with Crippen molar-refractivity contribution in [2.24, 2.45) is 0 Å². The molecule has 0 aliphatic heterocycles. The monoisotopic (exact) mass is 850 g/mol. The Morgan fingerprint density at radius 3 is 1.98 bits per heavy atom. The van der Waals surface area contributed by atoms with Crippen molar-refractivity contribution in [1.29, 1.82) is 0 Å². The van der Waals surface area contributed by atoms with Gasteiger partial charge in [-0.2, -0.15) is 11.2 Å². The number of fused-ring (bicyclic) bond motifs is 9. The van der Waals surface area contributed by atoms with Gasteiger partial charge >= 0.3 is 21.1 Å². The van der Waals surface area contributed by atoms with Gasteiger partial charge in [-0.25, -0.2) is 4.98 Å². The molecule has 0 saturated heterocycles. The Hall–Kier alpha value is -6.10. The van der Waals surface area contributed by atoms with E-state index in [1.54, 1.807) is 0 Å². The quantitative estimate of drug-likeness (QED) is 0.128. The molecule has 0 fully saturated rings. The molecule has 0 radical (unpaired) electrons. The topological polar surface area (TPSA) is 57.2 Å². The van der Waals surface area contributed by atoms with E-state index >= 15 is 0 Å². The number of rotatable bonds is 5. The Bertz CT molecular complexity index is 3000. The summed E-state index contributed by atoms with van der Waals surface area (Å²) in [6.45, 7) is 4.23. The van der Waals surface area contributed by atoms with Gasteiger partial charge in [0, 0.05) is 34.3 Å². The van der Waals surface area contributed by atoms with Gasteiger partial charge in [0.25, 0.3) is 0 Å². The number of para-hydroxylation sites is 2. The van der Waals surface area contributed by atoms with Crippen molar-refractivity contribution < 1.29 is 25.8 Å². The first kappa shape index (κ1) is 31.8. The van der Waals surface area contributed by atoms with Gasteiger partial charge in [0.05, 0.1) is 5.65 Å². The van der Waals surface area contributed by atoms with Crippen LogP contribution < -0.4 is 4.74 Å². The van der Waals surface area contributed by atoms with Crippen LogP contribution in [0.4, 0.5) is 0 Å². The minimum Gasteiger partial charge on any atom is -0.503 e. The van der Waals surface area contributed by atoms with Crippen LogP contribution >= 0.6 is 0 Å². The van der Waals surface area contributed by atoms with Gasteiger partial charge in [-0.1, -0.05) is 107 Å². The second-order valence-electron chi connectivity index (χ2n) is 12.9. The first-order valence-electron chi connectivity index (χ1n) is 17.0. The fourth-order valence-corrected chi connectivity index (χ4v) is 7.40. The van der Waals surface area contributed by atoms with Crippen LogP contribution in [0.25, 0.3) is 77.5 Å². The summed E-state index contributed by atoms with van der Waals surface area (Å²) in [5.74, 6) is 2.76. The van der Waals surface area contributed by atoms with E-state index in [0.717, 1.165) is 77.5 Å². The summed E-state index contributed by atoms with van der Waals surface area (Å²) in [4.78, 5) is 4.85. The van der Waals surface area contributed by atoms with Crippen LogP contribution in [0.2, 0.25) is 0 Å². The molecule has 250 valence electrons. The first-order chi connectivity index (χ1) is 25.1. The second kappa shape index (κ2) is 12.6. The van der Waals surface area contributed by atoms with Gasteiger partial charge in [0.2, 0.25) is 0 Å². The number of ether oxygens (including phenoxy) is 1. The average Bonchev–Trinajstić information content (AvgIpc) is 3.75. The van der Waals surface area contributed by atoms with Crippen LogP contribution in [0.1, 0.15) is 11.1 Å². The van der Waals surface area contributed by atoms with Gasteiger partial charge in [-0.05, 0) is 71.1 Å². The summed E-state index contributed by atoms with van der Waals surface area (Å²) in [5.41, 5.74) is 9.40. The van der Waals surface area contributed by atoms with Crippen LogP contribution in [-0.2, 0) is 21.1 Å². The Balaban J connectivity index is 0.00000360. The van der Waals surface area contributed by atoms with Crippen molar-refractivity contribution in [2.75, 3.05) is 0 Å². The predicted molar refractivity (Wildman–Crippen MR) is 205 cm³/mol. The number of pyridine rings is 2. The zero-order valence-electron chi connectivity index (χ0n) is 28.2. The number of aryl methyl sites for hydroxylation is 2. The Kier molecular flexibility index (Phi) is 7.71. The zero-order chi connectivity index (χ0) is 34.1. The summed E-state index contributed by atoms with van der Waals surface area (Å²) < 4.78 is 10.9. The normalized spacial score (nSPS) is 11.5. The summed E-state index contributed by atoms with van der Waals surface area (Å²) in [5, 5.41) is 14.6. The fourth-order valence-electron chi connectivity index (χ4n) is 7.40. The van der Waals surface area contributed by atoms with Crippen LogP contribution in [0.5, 0.6) is 11.5 Å². The number of nitrogens with zero attached hydrogens (tertiary/aromatic N) is 5. The molecular formula is C45H29N5OPt. The third kappa shape index (κ3) is 5.02. The molecule has 4 aromatic heterocycles. The maximum absolute atomic E-state index is 6.56. The van der Waals surface area contributed by atoms with E-state index < -0.39 is 0 Å². The van der Waals surface area contributed by atoms with E-state index in [4.69, 9.17) is 19.9 Å². The Morgan fingerprint density at radius 1 is 0.577 bits per heavy atom. The molecule has 0 aliphatic rings. The molecule has 0 aliphatic carbocycles. The minimum atomic E-state index is 0. The summed E-state index contributed by atoms with van der Waals surface area (Å²) in [6, 6.07) is 52.9. The third-order valence-electron chi connectivity index (χ3n) is 9.83. The summed E-state index contributed by atoms with van der Waals surface area (Å²) in [6.07, 6.45) is 1.88. The molecule has 0 amide bonds. The Morgan fingerprint density at radius 2 is 1.21 bits per heavy atom. The van der Waals surface area contributed by atoms with Gasteiger partial charge in [0.15, 0.2) is 5.82 Å². The van der Waals surface area contributed by atoms with Crippen molar-refractivity contribution >= 4 is 49.1 Å². The van der Waals surface area contributed by atoms with Gasteiger partial charge in [-0.3, -0.25) is 0 Å². The van der Waals surface area contributed by atoms with E-state index in [-0.39, 0.29) is 21.1 Å². The first-order valence-corrected chi connectivity index (χ1v) is 17.0. The van der Waals surface area contributed by atoms with Crippen molar-refractivity contribution in [1.82, 2.24) is 24.1 Å². The maximum Gasteiger partial charge on any atom is 2.00 e. The Labute approximate surface area is 314 Å². The number of hydrogen-bond acceptors (Lipinski definition) is 4. The molecule has 0 unspecified atom stereocenters. The molecule has 0 saturated carbocycles. The van der Waals surface area contributed by atoms with Gasteiger partial charge in [-0.15, -0.1) is 34.8 Å². The number of benzene rings is 6. The van der Waals surface area contributed by atoms with Gasteiger partial charge in [0.1, 0.15) is 5.82 Å². The third-order valence-corrected chi connectivity index (χ3v) is 9.83. The van der Waals surface area contributed by atoms with Crippen molar-refractivity contribution in [3.8, 4) is 39.8 Å². The standard InChI is InChI=1S/C45H29N5O.Pt/c1-28-11-3-5-13-33(28)30-23-24-46-43(25-30)49-40-17-9-8-16-37(40)38-22-20-32(27-42(38)49)51-31-19-21-35-36-15-7-10-18-41(36)50-44(34-14-6-4-12-29(34)2)47-48-45(50)39(35)26-31;/h3-25H,1-2H3;/q-2;+2. The molecule has 52 heavy (non-hydrogen) atoms. The van der Waals surface area contributed by atoms with E-state index in [1.807, 2.05) is 30.5 Å². The van der Waals surface area contributed by atoms with E-state index in [1.165, 1.54) is 11.1 Å². The molecule has 0 atom stereocenters. The predicted octanol–water partition coefficient (Wildman–Crippen LogP) is 10.9. The molecule has 6 nitrogen and oxygen atoms in total. The average molecular weight is 851 g/mol. The van der Waals surface area contributed by atoms with E-state index in [9.17, 15) is 0 Å². The minimum absolute atomic E-state index is 0. The second-order valence-corrected chi connectivity index (χ2v) is 12.9. The molecule has 6 aromatic carbocycles. The van der Waals surface area contributed by atoms with Gasteiger partial charge < -0.3 is 13.7 Å². The largest absolute Gasteiger partial charge is 2.00 e. The molecule has 10 rings (SSSR count). The van der Waals surface area contributed by atoms with Crippen molar-refractivity contribution in [2.45, 2.75) is 13.8 Å². The SMILES string of the molecule is Cc1ccccc1-c1ccnc(-n2c3[c-]c(Oc4[c-]c5c(cc4)c4ccccc4n4c(-c6ccccc6C)nnc54)ccc3c3ccccc32)c1.[Pt+2]. The smallest absolute Gasteiger partial charge is 0.503 e. The van der Waals surface area contributed by atoms with Crippen molar-refractivity contribution in [3.63, 3.8) is 0 Å². The molecule has 4 heterocycles. The summed E-state index contributed by atoms with van der Waals surface area (Å²) in [7, 11) is 0. The van der Waals surface area contributed by atoms with E-state index in [2.05, 4.69) is 144 Å². The molecular weight excluding hydrogens is 822 g/mol. The van der Waals surface area contributed by atoms with Crippen LogP contribution in [0.3, 0.4) is 0 Å². The molecule has 10 aromatic rings. The summed E-state index contributed by atoms with van der Waals surface area (Å²) >= 11 is 0. The zero-order valence-corrected chi connectivity index (χ0v) is 30.5. The number of aromatic nitrogens is 5. The maximum atomic E-state index is 6.56. The van der Waals surface area contributed by atoms with Crippen LogP contribution in [0.15, 0.2) is 140 Å².